The van der Waals surface area contributed by atoms with Gasteiger partial charge in [0.05, 0.1) is 0 Å². The molecule has 0 saturated carbocycles. The van der Waals surface area contributed by atoms with Crippen LogP contribution in [-0.4, -0.2) is 23.6 Å². The number of hydrogen-bond donors (Lipinski definition) is 1. The van der Waals surface area contributed by atoms with Crippen LogP contribution in [0.5, 0.6) is 0 Å². The molecule has 112 valence electrons. The number of nitrogens with zero attached hydrogens (tertiary/aromatic N) is 2. The number of H-pyrrole nitrogens is 1. The normalized spacial score (nSPS) is 10.9. The van der Waals surface area contributed by atoms with Crippen molar-refractivity contribution in [3.63, 3.8) is 0 Å². The molecule has 1 aromatic carbocycles. The predicted octanol–water partition coefficient (Wildman–Crippen LogP) is 2.96. The highest BCUT2D eigenvalue weighted by molar-refractivity contribution is 5.36. The zero-order valence-corrected chi connectivity index (χ0v) is 13.0. The number of nitrogens with one attached hydrogen (secondary N) is 1. The summed E-state index contributed by atoms with van der Waals surface area (Å²) < 4.78 is 0. The smallest absolute Gasteiger partial charge is 0.252 e. The van der Waals surface area contributed by atoms with E-state index in [1.807, 2.05) is 31.9 Å². The average molecular weight is 285 g/mol. The van der Waals surface area contributed by atoms with Crippen LogP contribution >= 0.6 is 0 Å². The van der Waals surface area contributed by atoms with Gasteiger partial charge in [-0.25, -0.2) is 4.98 Å². The topological polar surface area (TPSA) is 49.0 Å². The Labute approximate surface area is 125 Å². The summed E-state index contributed by atoms with van der Waals surface area (Å²) in [5.74, 6) is 1.71. The molecule has 21 heavy (non-hydrogen) atoms. The van der Waals surface area contributed by atoms with E-state index < -0.39 is 0 Å². The van der Waals surface area contributed by atoms with E-state index in [1.165, 1.54) is 5.56 Å². The zero-order valence-electron chi connectivity index (χ0n) is 13.0. The molecule has 4 nitrogen and oxygen atoms in total. The number of aromatic amines is 1. The summed E-state index contributed by atoms with van der Waals surface area (Å²) in [6, 6.07) is 12.0. The van der Waals surface area contributed by atoms with Crippen molar-refractivity contribution in [1.29, 1.82) is 0 Å². The van der Waals surface area contributed by atoms with Gasteiger partial charge in [0.2, 0.25) is 0 Å². The first kappa shape index (κ1) is 15.3. The summed E-state index contributed by atoms with van der Waals surface area (Å²) >= 11 is 0. The van der Waals surface area contributed by atoms with Crippen molar-refractivity contribution in [2.45, 2.75) is 32.6 Å². The lowest BCUT2D eigenvalue weighted by Crippen LogP contribution is -2.24. The molecule has 4 heteroatoms. The van der Waals surface area contributed by atoms with Crippen LogP contribution in [0.4, 0.5) is 5.82 Å². The Hall–Kier alpha value is -2.10. The Morgan fingerprint density at radius 1 is 1.24 bits per heavy atom. The van der Waals surface area contributed by atoms with Gasteiger partial charge < -0.3 is 9.88 Å². The third-order valence-electron chi connectivity index (χ3n) is 3.49. The minimum Gasteiger partial charge on any atom is -0.359 e. The highest BCUT2D eigenvalue weighted by Crippen LogP contribution is 2.12. The molecule has 1 heterocycles. The molecule has 0 atom stereocenters. The van der Waals surface area contributed by atoms with Crippen LogP contribution < -0.4 is 10.5 Å². The number of benzene rings is 1. The van der Waals surface area contributed by atoms with Crippen LogP contribution in [0.15, 0.2) is 41.2 Å². The molecule has 0 aliphatic rings. The van der Waals surface area contributed by atoms with E-state index in [-0.39, 0.29) is 11.5 Å². The van der Waals surface area contributed by atoms with Gasteiger partial charge in [-0.3, -0.25) is 4.79 Å². The molecule has 0 aliphatic carbocycles. The number of aryl methyl sites for hydroxylation is 1. The molecule has 0 unspecified atom stereocenters. The van der Waals surface area contributed by atoms with Gasteiger partial charge >= 0.3 is 0 Å². The Balaban J connectivity index is 1.97. The SMILES string of the molecule is CC(C)c1nc(N(C)CCCc2ccccc2)cc(=O)[nH]1. The fourth-order valence-corrected chi connectivity index (χ4v) is 2.21. The minimum atomic E-state index is -0.0846. The second kappa shape index (κ2) is 7.07. The van der Waals surface area contributed by atoms with Gasteiger partial charge in [0.15, 0.2) is 0 Å². The maximum absolute atomic E-state index is 11.7. The van der Waals surface area contributed by atoms with E-state index in [4.69, 9.17) is 0 Å². The van der Waals surface area contributed by atoms with E-state index >= 15 is 0 Å². The summed E-state index contributed by atoms with van der Waals surface area (Å²) in [5, 5.41) is 0. The Morgan fingerprint density at radius 2 is 1.95 bits per heavy atom. The molecule has 2 rings (SSSR count). The first-order valence-electron chi connectivity index (χ1n) is 7.42. The van der Waals surface area contributed by atoms with E-state index in [0.29, 0.717) is 0 Å². The second-order valence-corrected chi connectivity index (χ2v) is 5.65. The van der Waals surface area contributed by atoms with Gasteiger partial charge in [0.25, 0.3) is 5.56 Å². The molecule has 0 fully saturated rings. The van der Waals surface area contributed by atoms with Crippen LogP contribution in [-0.2, 0) is 6.42 Å². The van der Waals surface area contributed by atoms with E-state index in [1.54, 1.807) is 6.07 Å². The fourth-order valence-electron chi connectivity index (χ4n) is 2.21. The lowest BCUT2D eigenvalue weighted by molar-refractivity contribution is 0.738. The van der Waals surface area contributed by atoms with Gasteiger partial charge in [-0.1, -0.05) is 44.2 Å². The van der Waals surface area contributed by atoms with Gasteiger partial charge in [0.1, 0.15) is 11.6 Å². The molecule has 1 aromatic heterocycles. The molecule has 0 bridgehead atoms. The summed E-state index contributed by atoms with van der Waals surface area (Å²) in [5.41, 5.74) is 1.26. The first-order valence-corrected chi connectivity index (χ1v) is 7.42. The molecule has 0 amide bonds. The van der Waals surface area contributed by atoms with Gasteiger partial charge in [0, 0.05) is 25.6 Å². The summed E-state index contributed by atoms with van der Waals surface area (Å²) in [4.78, 5) is 21.1. The molecular weight excluding hydrogens is 262 g/mol. The largest absolute Gasteiger partial charge is 0.359 e. The van der Waals surface area contributed by atoms with Crippen LogP contribution in [0.2, 0.25) is 0 Å². The van der Waals surface area contributed by atoms with Crippen LogP contribution in [0.1, 0.15) is 37.6 Å². The first-order chi connectivity index (χ1) is 10.1. The Bertz CT molecular complexity index is 619. The fraction of sp³-hybridized carbons (Fsp3) is 0.412. The summed E-state index contributed by atoms with van der Waals surface area (Å²) in [7, 11) is 1.98. The Morgan fingerprint density at radius 3 is 2.62 bits per heavy atom. The van der Waals surface area contributed by atoms with Crippen molar-refractivity contribution in [2.24, 2.45) is 0 Å². The second-order valence-electron chi connectivity index (χ2n) is 5.65. The predicted molar refractivity (Wildman–Crippen MR) is 87.0 cm³/mol. The Kier molecular flexibility index (Phi) is 5.14. The molecule has 1 N–H and O–H groups in total. The van der Waals surface area contributed by atoms with Crippen molar-refractivity contribution < 1.29 is 0 Å². The highest BCUT2D eigenvalue weighted by Gasteiger charge is 2.08. The van der Waals surface area contributed by atoms with Crippen LogP contribution in [0, 0.1) is 0 Å². The third-order valence-corrected chi connectivity index (χ3v) is 3.49. The summed E-state index contributed by atoms with van der Waals surface area (Å²) in [6.45, 7) is 4.93. The van der Waals surface area contributed by atoms with Crippen molar-refractivity contribution in [3.05, 3.63) is 58.1 Å². The third kappa shape index (κ3) is 4.45. The number of anilines is 1. The quantitative estimate of drug-likeness (QED) is 0.887. The lowest BCUT2D eigenvalue weighted by Gasteiger charge is -2.19. The van der Waals surface area contributed by atoms with Gasteiger partial charge in [-0.15, -0.1) is 0 Å². The zero-order chi connectivity index (χ0) is 15.2. The number of aromatic nitrogens is 2. The van der Waals surface area contributed by atoms with Crippen molar-refractivity contribution in [1.82, 2.24) is 9.97 Å². The standard InChI is InChI=1S/C17H23N3O/c1-13(2)17-18-15(12-16(21)19-17)20(3)11-7-10-14-8-5-4-6-9-14/h4-6,8-9,12-13H,7,10-11H2,1-3H3,(H,18,19,21). The molecule has 0 radical (unpaired) electrons. The molecule has 0 aliphatic heterocycles. The van der Waals surface area contributed by atoms with Crippen LogP contribution in [0.25, 0.3) is 0 Å². The monoisotopic (exact) mass is 285 g/mol. The van der Waals surface area contributed by atoms with Gasteiger partial charge in [-0.2, -0.15) is 0 Å². The van der Waals surface area contributed by atoms with Crippen molar-refractivity contribution >= 4 is 5.82 Å². The molecule has 2 aromatic rings. The van der Waals surface area contributed by atoms with E-state index in [9.17, 15) is 4.79 Å². The van der Waals surface area contributed by atoms with Crippen LogP contribution in [0.3, 0.4) is 0 Å². The summed E-state index contributed by atoms with van der Waals surface area (Å²) in [6.07, 6.45) is 2.07. The lowest BCUT2D eigenvalue weighted by atomic mass is 10.1. The van der Waals surface area contributed by atoms with Crippen molar-refractivity contribution in [2.75, 3.05) is 18.5 Å². The molecule has 0 spiro atoms. The van der Waals surface area contributed by atoms with Crippen molar-refractivity contribution in [3.8, 4) is 0 Å². The molecule has 0 saturated heterocycles. The maximum Gasteiger partial charge on any atom is 0.252 e. The number of hydrogen-bond acceptors (Lipinski definition) is 3. The van der Waals surface area contributed by atoms with E-state index in [0.717, 1.165) is 31.0 Å². The number of rotatable bonds is 6. The van der Waals surface area contributed by atoms with Gasteiger partial charge in [-0.05, 0) is 18.4 Å². The average Bonchev–Trinajstić information content (AvgIpc) is 2.47. The highest BCUT2D eigenvalue weighted by atomic mass is 16.1. The van der Waals surface area contributed by atoms with E-state index in [2.05, 4.69) is 34.2 Å². The maximum atomic E-state index is 11.7. The molecular formula is C17H23N3O. The minimum absolute atomic E-state index is 0.0846.